The molecule has 2 aromatic rings. The van der Waals surface area contributed by atoms with Crippen LogP contribution in [-0.2, 0) is 4.74 Å². The fraction of sp³-hybridized carbons (Fsp3) is 0.500. The summed E-state index contributed by atoms with van der Waals surface area (Å²) in [5, 5.41) is 33.0. The van der Waals surface area contributed by atoms with Crippen molar-refractivity contribution in [2.24, 2.45) is 5.41 Å². The zero-order chi connectivity index (χ0) is 15.2. The van der Waals surface area contributed by atoms with E-state index in [1.165, 1.54) is 17.0 Å². The number of hydrogen-bond acceptors (Lipinski definition) is 8. The number of nitriles is 1. The van der Waals surface area contributed by atoms with Gasteiger partial charge >= 0.3 is 0 Å². The summed E-state index contributed by atoms with van der Waals surface area (Å²) in [6.07, 6.45) is -0.00949. The first-order valence-electron chi connectivity index (χ1n) is 6.32. The van der Waals surface area contributed by atoms with Crippen molar-refractivity contribution in [3.63, 3.8) is 0 Å². The Hall–Kier alpha value is -2.28. The van der Waals surface area contributed by atoms with E-state index in [1.807, 2.05) is 0 Å². The minimum absolute atomic E-state index is 0.201. The standard InChI is InChI=1S/C12H14N6O3/c1-12(4-13)8(20)7(3-19)21-9(12)6-2-15-11-10(14)16-5-17-18(6)11/h2,5,7-9,19-20H,3H2,1H3,(H2,14,16,17)/t7-,8-,9+,12-/m1/s1. The molecule has 0 spiro atoms. The fourth-order valence-electron chi connectivity index (χ4n) is 2.61. The smallest absolute Gasteiger partial charge is 0.196 e. The number of aliphatic hydroxyl groups is 2. The largest absolute Gasteiger partial charge is 0.394 e. The molecule has 0 amide bonds. The molecule has 1 fully saturated rings. The number of nitrogen functional groups attached to an aromatic ring is 1. The van der Waals surface area contributed by atoms with Crippen LogP contribution in [0.25, 0.3) is 5.65 Å². The lowest BCUT2D eigenvalue weighted by atomic mass is 9.80. The van der Waals surface area contributed by atoms with Crippen LogP contribution >= 0.6 is 0 Å². The summed E-state index contributed by atoms with van der Waals surface area (Å²) in [5.74, 6) is 0.201. The third-order valence-corrected chi connectivity index (χ3v) is 3.87. The van der Waals surface area contributed by atoms with E-state index < -0.39 is 23.7 Å². The summed E-state index contributed by atoms with van der Waals surface area (Å²) in [5.41, 5.74) is 5.30. The monoisotopic (exact) mass is 290 g/mol. The van der Waals surface area contributed by atoms with Crippen molar-refractivity contribution in [2.75, 3.05) is 12.3 Å². The molecule has 21 heavy (non-hydrogen) atoms. The van der Waals surface area contributed by atoms with Crippen LogP contribution in [0.15, 0.2) is 12.5 Å². The molecule has 0 unspecified atom stereocenters. The van der Waals surface area contributed by atoms with E-state index in [4.69, 9.17) is 10.5 Å². The van der Waals surface area contributed by atoms with Gasteiger partial charge in [-0.05, 0) is 6.92 Å². The lowest BCUT2D eigenvalue weighted by Crippen LogP contribution is -2.36. The second-order valence-electron chi connectivity index (χ2n) is 5.14. The first-order chi connectivity index (χ1) is 10.0. The number of nitrogens with two attached hydrogens (primary N) is 1. The van der Waals surface area contributed by atoms with E-state index in [-0.39, 0.29) is 12.4 Å². The van der Waals surface area contributed by atoms with Crippen molar-refractivity contribution in [2.45, 2.75) is 25.2 Å². The third kappa shape index (κ3) is 1.77. The Morgan fingerprint density at radius 1 is 1.57 bits per heavy atom. The zero-order valence-electron chi connectivity index (χ0n) is 11.2. The maximum atomic E-state index is 10.2. The molecule has 1 aliphatic rings. The number of aliphatic hydroxyl groups excluding tert-OH is 2. The molecule has 4 N–H and O–H groups in total. The van der Waals surface area contributed by atoms with Gasteiger partial charge in [0.1, 0.15) is 30.1 Å². The van der Waals surface area contributed by atoms with Crippen LogP contribution in [0.5, 0.6) is 0 Å². The Labute approximate surface area is 119 Å². The van der Waals surface area contributed by atoms with E-state index in [0.717, 1.165) is 0 Å². The number of imidazole rings is 1. The molecule has 0 aromatic carbocycles. The number of aromatic nitrogens is 4. The highest BCUT2D eigenvalue weighted by atomic mass is 16.5. The van der Waals surface area contributed by atoms with Crippen molar-refractivity contribution in [1.82, 2.24) is 19.6 Å². The van der Waals surface area contributed by atoms with Crippen LogP contribution in [-0.4, -0.2) is 48.6 Å². The number of rotatable bonds is 2. The molecule has 3 heterocycles. The highest BCUT2D eigenvalue weighted by Gasteiger charge is 2.55. The average Bonchev–Trinajstić information content (AvgIpc) is 3.01. The Bertz CT molecular complexity index is 725. The summed E-state index contributed by atoms with van der Waals surface area (Å²) in [7, 11) is 0. The highest BCUT2D eigenvalue weighted by molar-refractivity contribution is 5.59. The molecule has 110 valence electrons. The summed E-state index contributed by atoms with van der Waals surface area (Å²) in [4.78, 5) is 7.96. The van der Waals surface area contributed by atoms with E-state index in [9.17, 15) is 15.5 Å². The number of anilines is 1. The Morgan fingerprint density at radius 2 is 2.33 bits per heavy atom. The van der Waals surface area contributed by atoms with E-state index >= 15 is 0 Å². The number of fused-ring (bicyclic) bond motifs is 1. The highest BCUT2D eigenvalue weighted by Crippen LogP contribution is 2.47. The number of ether oxygens (including phenoxy) is 1. The molecule has 1 saturated heterocycles. The molecule has 0 saturated carbocycles. The van der Waals surface area contributed by atoms with Gasteiger partial charge < -0.3 is 20.7 Å². The van der Waals surface area contributed by atoms with Gasteiger partial charge in [-0.2, -0.15) is 10.4 Å². The first-order valence-corrected chi connectivity index (χ1v) is 6.32. The van der Waals surface area contributed by atoms with Gasteiger partial charge in [-0.1, -0.05) is 0 Å². The van der Waals surface area contributed by atoms with Gasteiger partial charge in [0.15, 0.2) is 11.5 Å². The average molecular weight is 290 g/mol. The summed E-state index contributed by atoms with van der Waals surface area (Å²) in [6.45, 7) is 1.19. The number of hydrogen-bond donors (Lipinski definition) is 3. The van der Waals surface area contributed by atoms with Gasteiger partial charge in [-0.15, -0.1) is 0 Å². The van der Waals surface area contributed by atoms with E-state index in [0.29, 0.717) is 11.3 Å². The van der Waals surface area contributed by atoms with Gasteiger partial charge in [0.05, 0.1) is 24.6 Å². The fourth-order valence-corrected chi connectivity index (χ4v) is 2.61. The molecule has 0 aliphatic carbocycles. The van der Waals surface area contributed by atoms with Crippen LogP contribution in [0.2, 0.25) is 0 Å². The van der Waals surface area contributed by atoms with Crippen molar-refractivity contribution in [3.8, 4) is 6.07 Å². The minimum atomic E-state index is -1.23. The van der Waals surface area contributed by atoms with Crippen LogP contribution in [0, 0.1) is 16.7 Å². The summed E-state index contributed by atoms with van der Waals surface area (Å²) < 4.78 is 7.06. The van der Waals surface area contributed by atoms with Gasteiger partial charge in [0, 0.05) is 0 Å². The minimum Gasteiger partial charge on any atom is -0.394 e. The van der Waals surface area contributed by atoms with E-state index in [2.05, 4.69) is 21.1 Å². The summed E-state index contributed by atoms with van der Waals surface area (Å²) in [6, 6.07) is 2.07. The van der Waals surface area contributed by atoms with Crippen LogP contribution in [0.1, 0.15) is 18.7 Å². The second kappa shape index (κ2) is 4.63. The van der Waals surface area contributed by atoms with Crippen molar-refractivity contribution in [3.05, 3.63) is 18.2 Å². The lowest BCUT2D eigenvalue weighted by molar-refractivity contribution is -0.0241. The van der Waals surface area contributed by atoms with Crippen LogP contribution in [0.4, 0.5) is 5.82 Å². The normalized spacial score (nSPS) is 32.4. The molecular formula is C12H14N6O3. The van der Waals surface area contributed by atoms with Crippen LogP contribution in [0.3, 0.4) is 0 Å². The van der Waals surface area contributed by atoms with Gasteiger partial charge in [-0.3, -0.25) is 0 Å². The molecule has 0 radical (unpaired) electrons. The SMILES string of the molecule is C[C@@]1(C#N)[C@H](O)[C@@H](CO)O[C@H]1c1cnc2c(N)ncnn12. The van der Waals surface area contributed by atoms with Crippen molar-refractivity contribution < 1.29 is 14.9 Å². The quantitative estimate of drug-likeness (QED) is 0.641. The maximum absolute atomic E-state index is 10.2. The molecule has 2 aromatic heterocycles. The Balaban J connectivity index is 2.14. The molecule has 0 bridgehead atoms. The molecule has 9 nitrogen and oxygen atoms in total. The first kappa shape index (κ1) is 13.7. The topological polar surface area (TPSA) is 143 Å². The van der Waals surface area contributed by atoms with Crippen molar-refractivity contribution >= 4 is 11.5 Å². The van der Waals surface area contributed by atoms with Crippen molar-refractivity contribution in [1.29, 1.82) is 5.26 Å². The van der Waals surface area contributed by atoms with Gasteiger partial charge in [0.25, 0.3) is 0 Å². The molecule has 1 aliphatic heterocycles. The lowest BCUT2D eigenvalue weighted by Gasteiger charge is -2.24. The Morgan fingerprint density at radius 3 is 3.00 bits per heavy atom. The number of nitrogens with zero attached hydrogens (tertiary/aromatic N) is 5. The third-order valence-electron chi connectivity index (χ3n) is 3.87. The maximum Gasteiger partial charge on any atom is 0.196 e. The van der Waals surface area contributed by atoms with Gasteiger partial charge in [0.2, 0.25) is 0 Å². The summed E-state index contributed by atoms with van der Waals surface area (Å²) >= 11 is 0. The van der Waals surface area contributed by atoms with E-state index in [1.54, 1.807) is 6.92 Å². The second-order valence-corrected chi connectivity index (χ2v) is 5.14. The Kier molecular flexibility index (Phi) is 3.02. The van der Waals surface area contributed by atoms with Gasteiger partial charge in [-0.25, -0.2) is 14.5 Å². The predicted octanol–water partition coefficient (Wildman–Crippen LogP) is -0.971. The van der Waals surface area contributed by atoms with Crippen LogP contribution < -0.4 is 5.73 Å². The molecule has 9 heteroatoms. The molecule has 3 rings (SSSR count). The molecular weight excluding hydrogens is 276 g/mol. The molecule has 4 atom stereocenters. The predicted molar refractivity (Wildman–Crippen MR) is 69.6 cm³/mol. The zero-order valence-corrected chi connectivity index (χ0v) is 11.2.